The van der Waals surface area contributed by atoms with Crippen LogP contribution >= 0.6 is 11.6 Å². The van der Waals surface area contributed by atoms with Crippen LogP contribution in [-0.2, 0) is 0 Å². The van der Waals surface area contributed by atoms with Gasteiger partial charge >= 0.3 is 0 Å². The number of amides is 2. The van der Waals surface area contributed by atoms with Crippen LogP contribution < -0.4 is 11.1 Å². The molecule has 5 heteroatoms. The fraction of sp³-hybridized carbons (Fsp3) is 0. The van der Waals surface area contributed by atoms with E-state index in [1.807, 2.05) is 0 Å². The molecule has 4 nitrogen and oxygen atoms in total. The molecule has 0 fully saturated rings. The molecule has 1 aromatic rings. The summed E-state index contributed by atoms with van der Waals surface area (Å²) < 4.78 is 0. The number of rotatable bonds is 0. The fourth-order valence-corrected chi connectivity index (χ4v) is 1.53. The first-order valence-corrected chi connectivity index (χ1v) is 3.92. The highest BCUT2D eigenvalue weighted by Crippen LogP contribution is 2.28. The van der Waals surface area contributed by atoms with E-state index >= 15 is 0 Å². The molecule has 0 bridgehead atoms. The van der Waals surface area contributed by atoms with Gasteiger partial charge < -0.3 is 5.73 Å². The molecule has 66 valence electrons. The zero-order valence-corrected chi connectivity index (χ0v) is 7.18. The standard InChI is InChI=1S/C8H5ClN2O2/c9-3-1-2-4(10)6-5(3)7(12)11-8(6)13/h1-2H,10H2,(H,11,12,13). The largest absolute Gasteiger partial charge is 0.398 e. The maximum absolute atomic E-state index is 11.2. The molecule has 0 saturated carbocycles. The van der Waals surface area contributed by atoms with Crippen LogP contribution in [0, 0.1) is 0 Å². The zero-order valence-electron chi connectivity index (χ0n) is 6.43. The van der Waals surface area contributed by atoms with Crippen LogP contribution in [0.3, 0.4) is 0 Å². The summed E-state index contributed by atoms with van der Waals surface area (Å²) in [7, 11) is 0. The zero-order chi connectivity index (χ0) is 9.59. The first-order valence-electron chi connectivity index (χ1n) is 3.55. The van der Waals surface area contributed by atoms with Crippen LogP contribution in [-0.4, -0.2) is 11.8 Å². The number of carbonyl (C=O) groups excluding carboxylic acids is 2. The minimum atomic E-state index is -0.489. The van der Waals surface area contributed by atoms with E-state index in [1.54, 1.807) is 0 Å². The predicted molar refractivity (Wildman–Crippen MR) is 47.7 cm³/mol. The fourth-order valence-electron chi connectivity index (χ4n) is 1.29. The van der Waals surface area contributed by atoms with Crippen molar-refractivity contribution >= 4 is 29.1 Å². The number of halogens is 1. The van der Waals surface area contributed by atoms with E-state index in [0.29, 0.717) is 0 Å². The first-order chi connectivity index (χ1) is 6.11. The second-order valence-corrected chi connectivity index (χ2v) is 3.08. The SMILES string of the molecule is Nc1ccc(Cl)c2c1C(=O)NC2=O. The topological polar surface area (TPSA) is 72.2 Å². The summed E-state index contributed by atoms with van der Waals surface area (Å²) in [5, 5.41) is 2.36. The molecule has 0 saturated heterocycles. The third kappa shape index (κ3) is 0.990. The van der Waals surface area contributed by atoms with E-state index < -0.39 is 11.8 Å². The molecular formula is C8H5ClN2O2. The summed E-state index contributed by atoms with van der Waals surface area (Å²) in [6.07, 6.45) is 0. The molecule has 2 rings (SSSR count). The Morgan fingerprint density at radius 2 is 1.77 bits per heavy atom. The number of imide groups is 1. The average Bonchev–Trinajstić information content (AvgIpc) is 2.36. The van der Waals surface area contributed by atoms with Gasteiger partial charge in [-0.25, -0.2) is 0 Å². The van der Waals surface area contributed by atoms with Crippen molar-refractivity contribution < 1.29 is 9.59 Å². The van der Waals surface area contributed by atoms with Crippen molar-refractivity contribution in [3.8, 4) is 0 Å². The molecule has 2 amide bonds. The second-order valence-electron chi connectivity index (χ2n) is 2.67. The molecule has 0 spiro atoms. The van der Waals surface area contributed by atoms with E-state index in [9.17, 15) is 9.59 Å². The van der Waals surface area contributed by atoms with Crippen LogP contribution in [0.1, 0.15) is 20.7 Å². The Balaban J connectivity index is 2.81. The number of carbonyl (C=O) groups is 2. The summed E-state index contributed by atoms with van der Waals surface area (Å²) in [6, 6.07) is 2.99. The Morgan fingerprint density at radius 3 is 2.38 bits per heavy atom. The molecule has 0 aliphatic carbocycles. The first kappa shape index (κ1) is 8.07. The van der Waals surface area contributed by atoms with Crippen molar-refractivity contribution in [3.05, 3.63) is 28.3 Å². The Hall–Kier alpha value is -1.55. The van der Waals surface area contributed by atoms with Crippen LogP contribution in [0.15, 0.2) is 12.1 Å². The molecule has 1 aliphatic heterocycles. The quantitative estimate of drug-likeness (QED) is 0.476. The van der Waals surface area contributed by atoms with Gasteiger partial charge in [0.05, 0.1) is 16.1 Å². The minimum Gasteiger partial charge on any atom is -0.398 e. The average molecular weight is 197 g/mol. The van der Waals surface area contributed by atoms with E-state index in [4.69, 9.17) is 17.3 Å². The molecule has 0 aromatic heterocycles. The lowest BCUT2D eigenvalue weighted by molar-refractivity contribution is 0.0880. The Kier molecular flexibility index (Phi) is 1.53. The van der Waals surface area contributed by atoms with Crippen LogP contribution in [0.25, 0.3) is 0 Å². The molecule has 0 radical (unpaired) electrons. The normalized spacial score (nSPS) is 14.2. The van der Waals surface area contributed by atoms with Crippen molar-refractivity contribution in [2.75, 3.05) is 5.73 Å². The van der Waals surface area contributed by atoms with Gasteiger partial charge in [-0.15, -0.1) is 0 Å². The lowest BCUT2D eigenvalue weighted by Gasteiger charge is -2.00. The molecule has 1 aliphatic rings. The van der Waals surface area contributed by atoms with Crippen LogP contribution in [0.4, 0.5) is 5.69 Å². The Labute approximate surface area is 78.7 Å². The molecular weight excluding hydrogens is 192 g/mol. The third-order valence-corrected chi connectivity index (χ3v) is 2.18. The molecule has 1 heterocycles. The summed E-state index contributed by atoms with van der Waals surface area (Å²) in [5.74, 6) is -0.975. The van der Waals surface area contributed by atoms with Crippen molar-refractivity contribution in [2.24, 2.45) is 0 Å². The summed E-state index contributed by atoms with van der Waals surface area (Å²) >= 11 is 5.73. The number of nitrogens with two attached hydrogens (primary N) is 1. The van der Waals surface area contributed by atoms with Gasteiger partial charge in [-0.2, -0.15) is 0 Å². The molecule has 3 N–H and O–H groups in total. The van der Waals surface area contributed by atoms with Gasteiger partial charge in [0.2, 0.25) is 0 Å². The second kappa shape index (κ2) is 2.47. The highest BCUT2D eigenvalue weighted by molar-refractivity contribution is 6.38. The van der Waals surface area contributed by atoms with Crippen LogP contribution in [0.5, 0.6) is 0 Å². The van der Waals surface area contributed by atoms with Gasteiger partial charge in [-0.3, -0.25) is 14.9 Å². The van der Waals surface area contributed by atoms with Gasteiger partial charge in [-0.1, -0.05) is 11.6 Å². The van der Waals surface area contributed by atoms with Crippen molar-refractivity contribution in [3.63, 3.8) is 0 Å². The molecule has 0 atom stereocenters. The van der Waals surface area contributed by atoms with Crippen molar-refractivity contribution in [1.82, 2.24) is 5.32 Å². The van der Waals surface area contributed by atoms with Gasteiger partial charge in [0.1, 0.15) is 0 Å². The van der Waals surface area contributed by atoms with E-state index in [0.717, 1.165) is 0 Å². The lowest BCUT2D eigenvalue weighted by atomic mass is 10.1. The number of fused-ring (bicyclic) bond motifs is 1. The minimum absolute atomic E-state index is 0.173. The number of nitrogens with one attached hydrogen (secondary N) is 1. The van der Waals surface area contributed by atoms with Crippen molar-refractivity contribution in [1.29, 1.82) is 0 Å². The van der Waals surface area contributed by atoms with Gasteiger partial charge in [0, 0.05) is 5.69 Å². The Bertz CT molecular complexity index is 389. The highest BCUT2D eigenvalue weighted by atomic mass is 35.5. The smallest absolute Gasteiger partial charge is 0.261 e. The number of hydrogen-bond acceptors (Lipinski definition) is 3. The van der Waals surface area contributed by atoms with Crippen LogP contribution in [0.2, 0.25) is 5.02 Å². The molecule has 0 unspecified atom stereocenters. The number of anilines is 1. The maximum Gasteiger partial charge on any atom is 0.261 e. The number of benzene rings is 1. The number of nitrogen functional groups attached to an aromatic ring is 1. The maximum atomic E-state index is 11.2. The summed E-state index contributed by atoms with van der Waals surface area (Å²) in [4.78, 5) is 22.4. The number of hydrogen-bond donors (Lipinski definition) is 2. The lowest BCUT2D eigenvalue weighted by Crippen LogP contribution is -2.20. The Morgan fingerprint density at radius 1 is 1.15 bits per heavy atom. The van der Waals surface area contributed by atoms with Gasteiger partial charge in [-0.05, 0) is 12.1 Å². The van der Waals surface area contributed by atoms with E-state index in [2.05, 4.69) is 5.32 Å². The highest BCUT2D eigenvalue weighted by Gasteiger charge is 2.30. The molecule has 13 heavy (non-hydrogen) atoms. The predicted octanol–water partition coefficient (Wildman–Crippen LogP) is 0.806. The van der Waals surface area contributed by atoms with E-state index in [1.165, 1.54) is 12.1 Å². The molecule has 1 aromatic carbocycles. The van der Waals surface area contributed by atoms with Crippen molar-refractivity contribution in [2.45, 2.75) is 0 Å². The summed E-state index contributed by atoms with van der Waals surface area (Å²) in [6.45, 7) is 0. The summed E-state index contributed by atoms with van der Waals surface area (Å²) in [5.41, 5.74) is 6.14. The van der Waals surface area contributed by atoms with Gasteiger partial charge in [0.25, 0.3) is 11.8 Å². The van der Waals surface area contributed by atoms with E-state index in [-0.39, 0.29) is 21.8 Å². The third-order valence-electron chi connectivity index (χ3n) is 1.87. The monoisotopic (exact) mass is 196 g/mol. The van der Waals surface area contributed by atoms with Gasteiger partial charge in [0.15, 0.2) is 0 Å².